The first kappa shape index (κ1) is 18.4. The number of hydrogen-bond donors (Lipinski definition) is 0. The molecule has 29 heavy (non-hydrogen) atoms. The number of ketones is 1. The first-order valence-electron chi connectivity index (χ1n) is 9.71. The molecular formula is C22H24O7. The lowest BCUT2D eigenvalue weighted by atomic mass is 9.67. The van der Waals surface area contributed by atoms with Gasteiger partial charge in [0, 0.05) is 5.56 Å². The third-order valence-electron chi connectivity index (χ3n) is 6.77. The summed E-state index contributed by atoms with van der Waals surface area (Å²) in [7, 11) is 4.59. The van der Waals surface area contributed by atoms with Gasteiger partial charge in [-0.05, 0) is 35.6 Å². The fraction of sp³-hybridized carbons (Fsp3) is 0.500. The van der Waals surface area contributed by atoms with Crippen LogP contribution in [0.25, 0.3) is 0 Å². The molecule has 0 unspecified atom stereocenters. The molecule has 1 saturated heterocycles. The van der Waals surface area contributed by atoms with Gasteiger partial charge in [-0.1, -0.05) is 13.8 Å². The Bertz CT molecular complexity index is 936. The summed E-state index contributed by atoms with van der Waals surface area (Å²) >= 11 is 0. The highest BCUT2D eigenvalue weighted by molar-refractivity contribution is 6.07. The fourth-order valence-electron chi connectivity index (χ4n) is 5.24. The Morgan fingerprint density at radius 2 is 1.69 bits per heavy atom. The summed E-state index contributed by atoms with van der Waals surface area (Å²) in [5.41, 5.74) is 1.10. The number of Topliss-reactive ketones (excluding diaryl/α,β-unsaturated/α-hetero) is 1. The zero-order valence-corrected chi connectivity index (χ0v) is 17.1. The minimum Gasteiger partial charge on any atom is -0.493 e. The Morgan fingerprint density at radius 1 is 1.00 bits per heavy atom. The Hall–Kier alpha value is -2.67. The lowest BCUT2D eigenvalue weighted by Crippen LogP contribution is -2.45. The number of fused-ring (bicyclic) bond motifs is 7. The molecule has 4 aliphatic rings. The summed E-state index contributed by atoms with van der Waals surface area (Å²) in [5.74, 6) is 2.45. The van der Waals surface area contributed by atoms with Gasteiger partial charge in [0.05, 0.1) is 39.0 Å². The van der Waals surface area contributed by atoms with E-state index in [1.54, 1.807) is 7.11 Å². The van der Waals surface area contributed by atoms with E-state index in [2.05, 4.69) is 13.8 Å². The highest BCUT2D eigenvalue weighted by Gasteiger charge is 2.59. The van der Waals surface area contributed by atoms with Gasteiger partial charge < -0.3 is 28.4 Å². The van der Waals surface area contributed by atoms with E-state index in [-0.39, 0.29) is 48.1 Å². The van der Waals surface area contributed by atoms with Crippen molar-refractivity contribution in [3.8, 4) is 17.2 Å². The van der Waals surface area contributed by atoms with Crippen LogP contribution in [0.2, 0.25) is 0 Å². The predicted molar refractivity (Wildman–Crippen MR) is 102 cm³/mol. The Morgan fingerprint density at radius 3 is 2.31 bits per heavy atom. The van der Waals surface area contributed by atoms with Gasteiger partial charge in [-0.25, -0.2) is 0 Å². The Kier molecular flexibility index (Phi) is 3.90. The Labute approximate surface area is 169 Å². The van der Waals surface area contributed by atoms with Crippen LogP contribution in [0.4, 0.5) is 0 Å². The molecule has 7 heteroatoms. The van der Waals surface area contributed by atoms with Crippen LogP contribution >= 0.6 is 0 Å². The molecule has 0 aromatic heterocycles. The van der Waals surface area contributed by atoms with Crippen molar-refractivity contribution in [2.24, 2.45) is 11.8 Å². The maximum Gasteiger partial charge on any atom is 0.261 e. The van der Waals surface area contributed by atoms with Crippen molar-refractivity contribution >= 4 is 5.78 Å². The SMILES string of the molecule is COC1=CC2(C=C(OC)C1=O)c1c(cc3c(c1OC)OCO3)[C@@H]1O[C@H]2[C@@H](C)[C@@H]1C. The lowest BCUT2D eigenvalue weighted by molar-refractivity contribution is -0.118. The molecule has 0 saturated carbocycles. The summed E-state index contributed by atoms with van der Waals surface area (Å²) in [6.07, 6.45) is 3.37. The number of hydrogen-bond acceptors (Lipinski definition) is 7. The summed E-state index contributed by atoms with van der Waals surface area (Å²) in [5, 5.41) is 0. The van der Waals surface area contributed by atoms with Crippen molar-refractivity contribution in [2.75, 3.05) is 28.1 Å². The molecule has 4 atom stereocenters. The number of benzene rings is 1. The van der Waals surface area contributed by atoms with Gasteiger partial charge in [0.25, 0.3) is 5.78 Å². The molecule has 7 nitrogen and oxygen atoms in total. The molecule has 3 aliphatic heterocycles. The van der Waals surface area contributed by atoms with Crippen LogP contribution in [0.15, 0.2) is 29.7 Å². The predicted octanol–water partition coefficient (Wildman–Crippen LogP) is 3.03. The lowest BCUT2D eigenvalue weighted by Gasteiger charge is -2.43. The molecule has 1 spiro atoms. The number of carbonyl (C=O) groups is 1. The van der Waals surface area contributed by atoms with Crippen molar-refractivity contribution in [1.29, 1.82) is 0 Å². The molecule has 1 aromatic carbocycles. The van der Waals surface area contributed by atoms with Crippen LogP contribution in [0.3, 0.4) is 0 Å². The van der Waals surface area contributed by atoms with E-state index in [1.807, 2.05) is 18.2 Å². The topological polar surface area (TPSA) is 72.5 Å². The van der Waals surface area contributed by atoms with Gasteiger partial charge in [-0.3, -0.25) is 4.79 Å². The first-order valence-corrected chi connectivity index (χ1v) is 9.71. The highest BCUT2D eigenvalue weighted by Crippen LogP contribution is 2.63. The second kappa shape index (κ2) is 6.16. The van der Waals surface area contributed by atoms with Gasteiger partial charge in [0.1, 0.15) is 0 Å². The second-order valence-corrected chi connectivity index (χ2v) is 7.99. The minimum atomic E-state index is -0.799. The highest BCUT2D eigenvalue weighted by atomic mass is 16.7. The molecule has 5 rings (SSSR count). The molecule has 0 N–H and O–H groups in total. The van der Waals surface area contributed by atoms with Crippen LogP contribution in [0.5, 0.6) is 17.2 Å². The molecule has 3 heterocycles. The second-order valence-electron chi connectivity index (χ2n) is 7.99. The maximum atomic E-state index is 12.7. The quantitative estimate of drug-likeness (QED) is 0.772. The van der Waals surface area contributed by atoms with Crippen molar-refractivity contribution in [3.63, 3.8) is 0 Å². The van der Waals surface area contributed by atoms with Crippen LogP contribution in [0.1, 0.15) is 31.1 Å². The summed E-state index contributed by atoms with van der Waals surface area (Å²) < 4.78 is 34.7. The van der Waals surface area contributed by atoms with E-state index in [9.17, 15) is 4.79 Å². The fourth-order valence-corrected chi connectivity index (χ4v) is 5.24. The van der Waals surface area contributed by atoms with Crippen LogP contribution in [0, 0.1) is 11.8 Å². The molecule has 0 radical (unpaired) electrons. The van der Waals surface area contributed by atoms with Crippen LogP contribution in [-0.2, 0) is 24.4 Å². The largest absolute Gasteiger partial charge is 0.493 e. The van der Waals surface area contributed by atoms with Gasteiger partial charge in [0.15, 0.2) is 23.0 Å². The molecular weight excluding hydrogens is 376 g/mol. The molecule has 1 fully saturated rings. The van der Waals surface area contributed by atoms with E-state index >= 15 is 0 Å². The van der Waals surface area contributed by atoms with Crippen LogP contribution in [-0.4, -0.2) is 40.0 Å². The van der Waals surface area contributed by atoms with E-state index in [0.29, 0.717) is 17.2 Å². The van der Waals surface area contributed by atoms with Gasteiger partial charge in [-0.2, -0.15) is 0 Å². The van der Waals surface area contributed by atoms with Crippen molar-refractivity contribution < 1.29 is 33.2 Å². The third-order valence-corrected chi connectivity index (χ3v) is 6.77. The molecule has 154 valence electrons. The van der Waals surface area contributed by atoms with E-state index in [4.69, 9.17) is 28.4 Å². The smallest absolute Gasteiger partial charge is 0.261 e. The third kappa shape index (κ3) is 2.19. The number of carbonyl (C=O) groups excluding carboxylic acids is 1. The maximum absolute atomic E-state index is 12.7. The zero-order chi connectivity index (χ0) is 20.5. The molecule has 1 aliphatic carbocycles. The average Bonchev–Trinajstić information content (AvgIpc) is 3.31. The average molecular weight is 400 g/mol. The summed E-state index contributed by atoms with van der Waals surface area (Å²) in [6, 6.07) is 1.98. The molecule has 1 aromatic rings. The van der Waals surface area contributed by atoms with E-state index in [0.717, 1.165) is 11.1 Å². The van der Waals surface area contributed by atoms with Crippen molar-refractivity contribution in [3.05, 3.63) is 40.9 Å². The normalized spacial score (nSPS) is 30.6. The van der Waals surface area contributed by atoms with Crippen molar-refractivity contribution in [2.45, 2.75) is 31.5 Å². The minimum absolute atomic E-state index is 0.101. The zero-order valence-electron chi connectivity index (χ0n) is 17.1. The van der Waals surface area contributed by atoms with Crippen LogP contribution < -0.4 is 14.2 Å². The summed E-state index contributed by atoms with van der Waals surface area (Å²) in [4.78, 5) is 12.7. The first-order chi connectivity index (χ1) is 14.0. The van der Waals surface area contributed by atoms with E-state index in [1.165, 1.54) is 14.2 Å². The molecule has 0 amide bonds. The summed E-state index contributed by atoms with van der Waals surface area (Å²) in [6.45, 7) is 4.50. The van der Waals surface area contributed by atoms with Gasteiger partial charge >= 0.3 is 0 Å². The van der Waals surface area contributed by atoms with Crippen molar-refractivity contribution in [1.82, 2.24) is 0 Å². The molecule has 2 bridgehead atoms. The van der Waals surface area contributed by atoms with E-state index < -0.39 is 5.41 Å². The Balaban J connectivity index is 1.88. The number of rotatable bonds is 3. The standard InChI is InChI=1S/C22H24O7/c1-10-11(2)21-22(7-14(24-3)17(23)15(8-22)25-4)16-12(18(10)29-21)6-13-19(20(16)26-5)28-9-27-13/h6-8,10-11,18,21H,9H2,1-5H3/t10-,11-,18+,21-/m0/s1. The monoisotopic (exact) mass is 400 g/mol. The number of methoxy groups -OCH3 is 3. The van der Waals surface area contributed by atoms with Gasteiger partial charge in [0.2, 0.25) is 12.5 Å². The number of ether oxygens (including phenoxy) is 6. The van der Waals surface area contributed by atoms with Gasteiger partial charge in [-0.15, -0.1) is 0 Å².